The van der Waals surface area contributed by atoms with Gasteiger partial charge in [-0.15, -0.1) is 0 Å². The average molecular weight is 230 g/mol. The minimum absolute atomic E-state index is 0.308. The molecule has 4 heteroatoms. The first-order chi connectivity index (χ1) is 7.19. The molecule has 0 aliphatic carbocycles. The van der Waals surface area contributed by atoms with E-state index < -0.39 is 0 Å². The van der Waals surface area contributed by atoms with Gasteiger partial charge in [0.25, 0.3) is 0 Å². The van der Waals surface area contributed by atoms with Crippen molar-refractivity contribution in [3.05, 3.63) is 0 Å². The van der Waals surface area contributed by atoms with Crippen LogP contribution >= 0.6 is 11.8 Å². The third-order valence-electron chi connectivity index (χ3n) is 3.10. The molecule has 3 nitrogen and oxygen atoms in total. The van der Waals surface area contributed by atoms with Crippen LogP contribution in [0.2, 0.25) is 0 Å². The summed E-state index contributed by atoms with van der Waals surface area (Å²) >= 11 is 1.81. The van der Waals surface area contributed by atoms with Crippen LogP contribution in [0.15, 0.2) is 0 Å². The molecule has 0 saturated carbocycles. The van der Waals surface area contributed by atoms with Crippen molar-refractivity contribution in [2.75, 3.05) is 32.1 Å². The largest absolute Gasteiger partial charge is 0.342 e. The van der Waals surface area contributed by atoms with E-state index in [0.29, 0.717) is 24.3 Å². The van der Waals surface area contributed by atoms with Crippen LogP contribution in [0, 0.1) is 5.92 Å². The lowest BCUT2D eigenvalue weighted by atomic mass is 9.98. The zero-order chi connectivity index (χ0) is 11.3. The molecule has 1 rings (SSSR count). The number of hydrogen-bond acceptors (Lipinski definition) is 3. The summed E-state index contributed by atoms with van der Waals surface area (Å²) in [6.45, 7) is 4.17. The van der Waals surface area contributed by atoms with Crippen LogP contribution < -0.4 is 5.32 Å². The van der Waals surface area contributed by atoms with E-state index >= 15 is 0 Å². The summed E-state index contributed by atoms with van der Waals surface area (Å²) in [6.07, 6.45) is 3.86. The van der Waals surface area contributed by atoms with Crippen molar-refractivity contribution in [2.24, 2.45) is 5.92 Å². The second-order valence-electron chi connectivity index (χ2n) is 4.25. The van der Waals surface area contributed by atoms with Crippen LogP contribution in [0.4, 0.5) is 0 Å². The molecule has 1 aliphatic rings. The summed E-state index contributed by atoms with van der Waals surface area (Å²) in [5.41, 5.74) is 0. The maximum Gasteiger partial charge on any atom is 0.222 e. The first-order valence-corrected chi connectivity index (χ1v) is 7.03. The summed E-state index contributed by atoms with van der Waals surface area (Å²) in [4.78, 5) is 13.8. The van der Waals surface area contributed by atoms with Gasteiger partial charge in [-0.1, -0.05) is 6.92 Å². The molecule has 1 atom stereocenters. The molecule has 1 aliphatic heterocycles. The molecule has 0 aromatic heterocycles. The van der Waals surface area contributed by atoms with Gasteiger partial charge in [-0.25, -0.2) is 0 Å². The molecular formula is C11H22N2OS. The van der Waals surface area contributed by atoms with Crippen LogP contribution in [0.1, 0.15) is 19.8 Å². The first-order valence-electron chi connectivity index (χ1n) is 5.64. The monoisotopic (exact) mass is 230 g/mol. The molecule has 1 amide bonds. The minimum Gasteiger partial charge on any atom is -0.342 e. The predicted octanol–water partition coefficient (Wildman–Crippen LogP) is 1.20. The summed E-state index contributed by atoms with van der Waals surface area (Å²) in [6, 6.07) is 0.403. The number of rotatable bonds is 6. The van der Waals surface area contributed by atoms with Crippen molar-refractivity contribution in [3.8, 4) is 0 Å². The van der Waals surface area contributed by atoms with E-state index in [-0.39, 0.29) is 0 Å². The number of amides is 1. The number of thioether (sulfide) groups is 1. The van der Waals surface area contributed by atoms with Crippen molar-refractivity contribution >= 4 is 17.7 Å². The second kappa shape index (κ2) is 6.38. The lowest BCUT2D eigenvalue weighted by molar-refractivity contribution is -0.133. The van der Waals surface area contributed by atoms with E-state index in [1.807, 2.05) is 23.7 Å². The molecule has 1 N–H and O–H groups in total. The van der Waals surface area contributed by atoms with Gasteiger partial charge >= 0.3 is 0 Å². The zero-order valence-electron chi connectivity index (χ0n) is 9.95. The minimum atomic E-state index is 0.308. The van der Waals surface area contributed by atoms with Crippen molar-refractivity contribution < 1.29 is 4.79 Å². The van der Waals surface area contributed by atoms with Crippen LogP contribution in [-0.4, -0.2) is 49.0 Å². The summed E-state index contributed by atoms with van der Waals surface area (Å²) < 4.78 is 0. The molecule has 1 fully saturated rings. The van der Waals surface area contributed by atoms with Gasteiger partial charge in [0.15, 0.2) is 0 Å². The maximum absolute atomic E-state index is 11.9. The number of hydrogen-bond donors (Lipinski definition) is 1. The lowest BCUT2D eigenvalue weighted by Gasteiger charge is -2.31. The fraction of sp³-hybridized carbons (Fsp3) is 0.909. The highest BCUT2D eigenvalue weighted by Gasteiger charge is 2.24. The van der Waals surface area contributed by atoms with E-state index in [2.05, 4.69) is 18.5 Å². The van der Waals surface area contributed by atoms with Gasteiger partial charge in [0, 0.05) is 25.3 Å². The molecule has 88 valence electrons. The quantitative estimate of drug-likeness (QED) is 0.744. The predicted molar refractivity (Wildman–Crippen MR) is 66.2 cm³/mol. The summed E-state index contributed by atoms with van der Waals surface area (Å²) in [5.74, 6) is 1.93. The van der Waals surface area contributed by atoms with Crippen LogP contribution in [0.3, 0.4) is 0 Å². The Morgan fingerprint density at radius 1 is 1.60 bits per heavy atom. The Labute approximate surface area is 97.0 Å². The van der Waals surface area contributed by atoms with Crippen LogP contribution in [0.25, 0.3) is 0 Å². The first kappa shape index (κ1) is 12.8. The van der Waals surface area contributed by atoms with Gasteiger partial charge in [0.1, 0.15) is 0 Å². The Balaban J connectivity index is 2.34. The third kappa shape index (κ3) is 3.68. The fourth-order valence-corrected chi connectivity index (χ4v) is 2.63. The van der Waals surface area contributed by atoms with Crippen LogP contribution in [-0.2, 0) is 4.79 Å². The Morgan fingerprint density at radius 3 is 2.67 bits per heavy atom. The molecule has 0 aromatic carbocycles. The number of nitrogens with one attached hydrogen (secondary N) is 1. The third-order valence-corrected chi connectivity index (χ3v) is 3.82. The second-order valence-corrected chi connectivity index (χ2v) is 5.16. The van der Waals surface area contributed by atoms with Crippen molar-refractivity contribution in [1.82, 2.24) is 10.2 Å². The number of nitrogens with zero attached hydrogens (tertiary/aromatic N) is 1. The molecular weight excluding hydrogens is 208 g/mol. The van der Waals surface area contributed by atoms with Gasteiger partial charge < -0.3 is 10.2 Å². The van der Waals surface area contributed by atoms with Crippen LogP contribution in [0.5, 0.6) is 0 Å². The van der Waals surface area contributed by atoms with Gasteiger partial charge in [-0.2, -0.15) is 11.8 Å². The zero-order valence-corrected chi connectivity index (χ0v) is 10.8. The van der Waals surface area contributed by atoms with E-state index in [9.17, 15) is 4.79 Å². The summed E-state index contributed by atoms with van der Waals surface area (Å²) in [5, 5.41) is 3.20. The SMILES string of the molecule is CCC(CSC)N(C)C(=O)CC1CNC1. The molecule has 0 bridgehead atoms. The van der Waals surface area contributed by atoms with Gasteiger partial charge in [0.05, 0.1) is 0 Å². The standard InChI is InChI=1S/C11H22N2OS/c1-4-10(8-15-3)13(2)11(14)5-9-6-12-7-9/h9-10,12H,4-8H2,1-3H3. The van der Waals surface area contributed by atoms with Crippen molar-refractivity contribution in [2.45, 2.75) is 25.8 Å². The Bertz CT molecular complexity index is 207. The Morgan fingerprint density at radius 2 is 2.27 bits per heavy atom. The van der Waals surface area contributed by atoms with Crippen molar-refractivity contribution in [1.29, 1.82) is 0 Å². The molecule has 1 saturated heterocycles. The number of carbonyl (C=O) groups is 1. The highest BCUT2D eigenvalue weighted by atomic mass is 32.2. The van der Waals surface area contributed by atoms with E-state index in [4.69, 9.17) is 0 Å². The molecule has 1 heterocycles. The highest BCUT2D eigenvalue weighted by Crippen LogP contribution is 2.14. The molecule has 15 heavy (non-hydrogen) atoms. The van der Waals surface area contributed by atoms with Gasteiger partial charge in [0.2, 0.25) is 5.91 Å². The normalized spacial score (nSPS) is 18.3. The maximum atomic E-state index is 11.9. The van der Waals surface area contributed by atoms with E-state index in [1.165, 1.54) is 0 Å². The highest BCUT2D eigenvalue weighted by molar-refractivity contribution is 7.98. The average Bonchev–Trinajstić information content (AvgIpc) is 2.18. The molecule has 0 radical (unpaired) electrons. The Kier molecular flexibility index (Phi) is 5.47. The van der Waals surface area contributed by atoms with Gasteiger partial charge in [-0.3, -0.25) is 4.79 Å². The number of carbonyl (C=O) groups excluding carboxylic acids is 1. The van der Waals surface area contributed by atoms with Gasteiger partial charge in [-0.05, 0) is 31.7 Å². The fourth-order valence-electron chi connectivity index (χ4n) is 1.78. The Hall–Kier alpha value is -0.220. The topological polar surface area (TPSA) is 32.3 Å². The molecule has 0 aromatic rings. The summed E-state index contributed by atoms with van der Waals surface area (Å²) in [7, 11) is 1.94. The lowest BCUT2D eigenvalue weighted by Crippen LogP contribution is -2.46. The van der Waals surface area contributed by atoms with E-state index in [0.717, 1.165) is 25.3 Å². The smallest absolute Gasteiger partial charge is 0.222 e. The van der Waals surface area contributed by atoms with Crippen molar-refractivity contribution in [3.63, 3.8) is 0 Å². The van der Waals surface area contributed by atoms with E-state index in [1.54, 1.807) is 0 Å². The molecule has 1 unspecified atom stereocenters. The molecule has 0 spiro atoms.